The van der Waals surface area contributed by atoms with E-state index in [1.165, 1.54) is 11.9 Å². The standard InChI is InChI=1S/C16H24ClF3N4.HI/c1-21-15(22-9-3-11-24(2)12-16(18,19)20)23-10-8-13-4-6-14(17)7-5-13;/h4-7H,3,8-12H2,1-2H3,(H2,21,22,23);1H. The molecule has 0 atom stereocenters. The van der Waals surface area contributed by atoms with Gasteiger partial charge in [0.05, 0.1) is 6.54 Å². The fraction of sp³-hybridized carbons (Fsp3) is 0.562. The van der Waals surface area contributed by atoms with Gasteiger partial charge in [0.2, 0.25) is 0 Å². The van der Waals surface area contributed by atoms with Crippen molar-refractivity contribution in [2.75, 3.05) is 40.3 Å². The minimum atomic E-state index is -4.15. The maximum absolute atomic E-state index is 12.2. The molecule has 0 aliphatic heterocycles. The number of aliphatic imine (C=N–C) groups is 1. The molecule has 1 rings (SSSR count). The summed E-state index contributed by atoms with van der Waals surface area (Å²) in [4.78, 5) is 5.35. The van der Waals surface area contributed by atoms with Crippen molar-refractivity contribution in [1.82, 2.24) is 15.5 Å². The van der Waals surface area contributed by atoms with Crippen LogP contribution in [0.25, 0.3) is 0 Å². The highest BCUT2D eigenvalue weighted by Gasteiger charge is 2.28. The fourth-order valence-electron chi connectivity index (χ4n) is 2.14. The molecule has 1 aromatic carbocycles. The van der Waals surface area contributed by atoms with Crippen molar-refractivity contribution >= 4 is 41.5 Å². The Balaban J connectivity index is 0.00000576. The van der Waals surface area contributed by atoms with Gasteiger partial charge in [0.15, 0.2) is 5.96 Å². The molecule has 0 unspecified atom stereocenters. The van der Waals surface area contributed by atoms with Crippen LogP contribution in [-0.4, -0.2) is 57.3 Å². The zero-order valence-corrected chi connectivity index (χ0v) is 17.5. The Hall–Kier alpha value is -0.740. The van der Waals surface area contributed by atoms with Gasteiger partial charge >= 0.3 is 6.18 Å². The summed E-state index contributed by atoms with van der Waals surface area (Å²) in [7, 11) is 3.13. The van der Waals surface area contributed by atoms with E-state index in [0.717, 1.165) is 12.0 Å². The Morgan fingerprint density at radius 2 is 1.76 bits per heavy atom. The van der Waals surface area contributed by atoms with Crippen LogP contribution >= 0.6 is 35.6 Å². The maximum atomic E-state index is 12.2. The molecule has 2 N–H and O–H groups in total. The molecule has 144 valence electrons. The normalized spacial score (nSPS) is 12.0. The molecular weight excluding hydrogens is 468 g/mol. The summed E-state index contributed by atoms with van der Waals surface area (Å²) >= 11 is 5.84. The van der Waals surface area contributed by atoms with Gasteiger partial charge in [-0.1, -0.05) is 23.7 Å². The maximum Gasteiger partial charge on any atom is 0.401 e. The van der Waals surface area contributed by atoms with Crippen LogP contribution in [0.3, 0.4) is 0 Å². The molecule has 9 heteroatoms. The summed E-state index contributed by atoms with van der Waals surface area (Å²) in [5.74, 6) is 0.641. The van der Waals surface area contributed by atoms with E-state index in [4.69, 9.17) is 11.6 Å². The number of nitrogens with zero attached hydrogens (tertiary/aromatic N) is 2. The molecule has 0 aliphatic carbocycles. The highest BCUT2D eigenvalue weighted by molar-refractivity contribution is 14.0. The van der Waals surface area contributed by atoms with E-state index in [9.17, 15) is 13.2 Å². The van der Waals surface area contributed by atoms with Crippen LogP contribution in [0, 0.1) is 0 Å². The molecule has 0 amide bonds. The molecule has 25 heavy (non-hydrogen) atoms. The van der Waals surface area contributed by atoms with Crippen LogP contribution in [0.1, 0.15) is 12.0 Å². The Morgan fingerprint density at radius 3 is 2.32 bits per heavy atom. The first-order valence-corrected chi connectivity index (χ1v) is 8.12. The number of alkyl halides is 3. The Morgan fingerprint density at radius 1 is 1.16 bits per heavy atom. The number of hydrogen-bond donors (Lipinski definition) is 2. The van der Waals surface area contributed by atoms with Crippen molar-refractivity contribution in [2.24, 2.45) is 4.99 Å². The van der Waals surface area contributed by atoms with E-state index >= 15 is 0 Å². The highest BCUT2D eigenvalue weighted by Crippen LogP contribution is 2.15. The van der Waals surface area contributed by atoms with Crippen molar-refractivity contribution in [3.63, 3.8) is 0 Å². The number of guanidine groups is 1. The van der Waals surface area contributed by atoms with E-state index in [1.54, 1.807) is 7.05 Å². The summed E-state index contributed by atoms with van der Waals surface area (Å²) in [6.45, 7) is 0.743. The lowest BCUT2D eigenvalue weighted by molar-refractivity contribution is -0.143. The van der Waals surface area contributed by atoms with Crippen molar-refractivity contribution < 1.29 is 13.2 Å². The van der Waals surface area contributed by atoms with E-state index in [2.05, 4.69) is 15.6 Å². The summed E-state index contributed by atoms with van der Waals surface area (Å²) in [6.07, 6.45) is -2.72. The predicted octanol–water partition coefficient (Wildman–Crippen LogP) is 3.55. The molecule has 0 bridgehead atoms. The molecular formula is C16H25ClF3IN4. The molecule has 0 saturated heterocycles. The van der Waals surface area contributed by atoms with E-state index in [-0.39, 0.29) is 24.0 Å². The van der Waals surface area contributed by atoms with E-state index in [0.29, 0.717) is 37.0 Å². The molecule has 0 heterocycles. The van der Waals surface area contributed by atoms with Crippen LogP contribution in [-0.2, 0) is 6.42 Å². The Bertz CT molecular complexity index is 509. The summed E-state index contributed by atoms with van der Waals surface area (Å²) in [5.41, 5.74) is 1.16. The zero-order chi connectivity index (χ0) is 18.0. The van der Waals surface area contributed by atoms with E-state index in [1.807, 2.05) is 24.3 Å². The lowest BCUT2D eigenvalue weighted by atomic mass is 10.1. The van der Waals surface area contributed by atoms with E-state index < -0.39 is 12.7 Å². The molecule has 0 aliphatic rings. The fourth-order valence-corrected chi connectivity index (χ4v) is 2.26. The smallest absolute Gasteiger partial charge is 0.356 e. The first-order valence-electron chi connectivity index (χ1n) is 7.74. The first kappa shape index (κ1) is 24.3. The summed E-state index contributed by atoms with van der Waals surface area (Å²) in [6, 6.07) is 7.64. The van der Waals surface area contributed by atoms with Gasteiger partial charge < -0.3 is 10.6 Å². The van der Waals surface area contributed by atoms with Gasteiger partial charge in [-0.15, -0.1) is 24.0 Å². The van der Waals surface area contributed by atoms with Crippen LogP contribution in [0.15, 0.2) is 29.3 Å². The minimum Gasteiger partial charge on any atom is -0.356 e. The predicted molar refractivity (Wildman–Crippen MR) is 108 cm³/mol. The third-order valence-electron chi connectivity index (χ3n) is 3.30. The zero-order valence-electron chi connectivity index (χ0n) is 14.4. The van der Waals surface area contributed by atoms with Crippen LogP contribution in [0.5, 0.6) is 0 Å². The molecule has 0 fully saturated rings. The van der Waals surface area contributed by atoms with Crippen LogP contribution < -0.4 is 10.6 Å². The Kier molecular flexibility index (Phi) is 12.2. The molecule has 0 aromatic heterocycles. The van der Waals surface area contributed by atoms with Gasteiger partial charge in [0, 0.05) is 25.2 Å². The topological polar surface area (TPSA) is 39.7 Å². The Labute approximate surface area is 169 Å². The van der Waals surface area contributed by atoms with Crippen LogP contribution in [0.2, 0.25) is 5.02 Å². The van der Waals surface area contributed by atoms with Gasteiger partial charge in [-0.2, -0.15) is 13.2 Å². The average Bonchev–Trinajstić information content (AvgIpc) is 2.49. The average molecular weight is 493 g/mol. The molecule has 1 aromatic rings. The number of halogens is 5. The number of hydrogen-bond acceptors (Lipinski definition) is 2. The first-order chi connectivity index (χ1) is 11.3. The van der Waals surface area contributed by atoms with Gasteiger partial charge in [0.25, 0.3) is 0 Å². The number of rotatable bonds is 8. The summed E-state index contributed by atoms with van der Waals surface area (Å²) < 4.78 is 36.6. The van der Waals surface area contributed by atoms with Crippen molar-refractivity contribution in [2.45, 2.75) is 19.0 Å². The summed E-state index contributed by atoms with van der Waals surface area (Å²) in [5, 5.41) is 6.97. The minimum absolute atomic E-state index is 0. The number of nitrogens with one attached hydrogen (secondary N) is 2. The molecule has 0 saturated carbocycles. The van der Waals surface area contributed by atoms with Gasteiger partial charge in [0.1, 0.15) is 0 Å². The monoisotopic (exact) mass is 492 g/mol. The van der Waals surface area contributed by atoms with Crippen molar-refractivity contribution in [3.05, 3.63) is 34.9 Å². The second kappa shape index (κ2) is 12.6. The van der Waals surface area contributed by atoms with Gasteiger partial charge in [-0.3, -0.25) is 9.89 Å². The van der Waals surface area contributed by atoms with Gasteiger partial charge in [-0.25, -0.2) is 0 Å². The quantitative estimate of drug-likeness (QED) is 0.252. The third kappa shape index (κ3) is 12.3. The third-order valence-corrected chi connectivity index (χ3v) is 3.55. The highest BCUT2D eigenvalue weighted by atomic mass is 127. The van der Waals surface area contributed by atoms with Gasteiger partial charge in [-0.05, 0) is 44.1 Å². The SMILES string of the molecule is CN=C(NCCCN(C)CC(F)(F)F)NCCc1ccc(Cl)cc1.I. The molecule has 0 spiro atoms. The number of benzene rings is 1. The molecule has 0 radical (unpaired) electrons. The van der Waals surface area contributed by atoms with Crippen LogP contribution in [0.4, 0.5) is 13.2 Å². The lowest BCUT2D eigenvalue weighted by Crippen LogP contribution is -2.40. The lowest BCUT2D eigenvalue weighted by Gasteiger charge is -2.19. The second-order valence-corrected chi connectivity index (χ2v) is 5.95. The van der Waals surface area contributed by atoms with Crippen molar-refractivity contribution in [3.8, 4) is 0 Å². The molecule has 4 nitrogen and oxygen atoms in total. The second-order valence-electron chi connectivity index (χ2n) is 5.51. The largest absolute Gasteiger partial charge is 0.401 e. The van der Waals surface area contributed by atoms with Crippen molar-refractivity contribution in [1.29, 1.82) is 0 Å².